The number of benzene rings is 1. The Morgan fingerprint density at radius 3 is 2.38 bits per heavy atom. The van der Waals surface area contributed by atoms with Crippen molar-refractivity contribution in [3.05, 3.63) is 30.3 Å². The maximum atomic E-state index is 12.7. The van der Waals surface area contributed by atoms with E-state index in [1.54, 1.807) is 4.31 Å². The smallest absolute Gasteiger partial charge is 0.139 e. The minimum Gasteiger partial charge on any atom is -0.228 e. The molecule has 0 saturated heterocycles. The third-order valence-corrected chi connectivity index (χ3v) is 4.73. The van der Waals surface area contributed by atoms with Crippen molar-refractivity contribution >= 4 is 9.92 Å². The highest BCUT2D eigenvalue weighted by Gasteiger charge is 2.14. The number of unbranched alkanes of at least 4 members (excludes halogenated alkanes) is 1. The third-order valence-electron chi connectivity index (χ3n) is 2.32. The van der Waals surface area contributed by atoms with Gasteiger partial charge in [0, 0.05) is 20.6 Å². The molecule has 4 heteroatoms. The van der Waals surface area contributed by atoms with Crippen LogP contribution in [0.25, 0.3) is 0 Å². The molecule has 1 aromatic carbocycles. The van der Waals surface area contributed by atoms with Crippen molar-refractivity contribution in [2.75, 3.05) is 20.6 Å². The van der Waals surface area contributed by atoms with E-state index in [9.17, 15) is 4.21 Å². The summed E-state index contributed by atoms with van der Waals surface area (Å²) in [6, 6.07) is 9.46. The van der Waals surface area contributed by atoms with Gasteiger partial charge in [-0.3, -0.25) is 0 Å². The zero-order valence-corrected chi connectivity index (χ0v) is 11.0. The van der Waals surface area contributed by atoms with E-state index in [0.29, 0.717) is 6.54 Å². The van der Waals surface area contributed by atoms with Crippen LogP contribution in [-0.4, -0.2) is 29.2 Å². The lowest BCUT2D eigenvalue weighted by atomic mass is 10.3. The van der Waals surface area contributed by atoms with Gasteiger partial charge in [0.05, 0.1) is 4.90 Å². The molecule has 0 amide bonds. The Bertz CT molecular complexity index is 420. The molecular weight excluding hydrogens is 220 g/mol. The van der Waals surface area contributed by atoms with E-state index in [0.717, 1.165) is 17.7 Å². The SMILES string of the molecule is CCCCN=S(=O)(c1ccccc1)N(C)C. The minimum atomic E-state index is -2.40. The highest BCUT2D eigenvalue weighted by molar-refractivity contribution is 7.91. The van der Waals surface area contributed by atoms with E-state index < -0.39 is 9.92 Å². The van der Waals surface area contributed by atoms with Crippen molar-refractivity contribution in [3.8, 4) is 0 Å². The third kappa shape index (κ3) is 3.06. The summed E-state index contributed by atoms with van der Waals surface area (Å²) >= 11 is 0. The molecule has 0 aliphatic heterocycles. The first-order valence-electron chi connectivity index (χ1n) is 5.56. The lowest BCUT2D eigenvalue weighted by molar-refractivity contribution is 0.588. The monoisotopic (exact) mass is 240 g/mol. The Balaban J connectivity index is 3.08. The number of rotatable bonds is 5. The van der Waals surface area contributed by atoms with Crippen molar-refractivity contribution in [3.63, 3.8) is 0 Å². The van der Waals surface area contributed by atoms with E-state index in [1.807, 2.05) is 44.4 Å². The van der Waals surface area contributed by atoms with Crippen LogP contribution in [0.1, 0.15) is 19.8 Å². The molecule has 1 unspecified atom stereocenters. The Labute approximate surface area is 98.8 Å². The van der Waals surface area contributed by atoms with Crippen LogP contribution in [0.4, 0.5) is 0 Å². The zero-order chi connectivity index (χ0) is 12.0. The maximum Gasteiger partial charge on any atom is 0.139 e. The molecule has 16 heavy (non-hydrogen) atoms. The predicted octanol–water partition coefficient (Wildman–Crippen LogP) is 2.79. The standard InChI is InChI=1S/C12H20N2OS/c1-4-5-11-13-16(15,14(2)3)12-9-7-6-8-10-12/h6-10H,4-5,11H2,1-3H3. The molecule has 0 aromatic heterocycles. The Morgan fingerprint density at radius 2 is 1.88 bits per heavy atom. The molecule has 0 aliphatic rings. The molecule has 0 spiro atoms. The molecule has 1 aromatic rings. The van der Waals surface area contributed by atoms with Gasteiger partial charge in [0.2, 0.25) is 0 Å². The lowest BCUT2D eigenvalue weighted by Crippen LogP contribution is -2.22. The average molecular weight is 240 g/mol. The predicted molar refractivity (Wildman–Crippen MR) is 68.7 cm³/mol. The van der Waals surface area contributed by atoms with Gasteiger partial charge in [0.15, 0.2) is 0 Å². The first kappa shape index (κ1) is 13.2. The van der Waals surface area contributed by atoms with E-state index in [1.165, 1.54) is 0 Å². The fourth-order valence-corrected chi connectivity index (χ4v) is 3.03. The van der Waals surface area contributed by atoms with Crippen LogP contribution in [0.3, 0.4) is 0 Å². The number of hydrogen-bond acceptors (Lipinski definition) is 2. The second kappa shape index (κ2) is 6.01. The van der Waals surface area contributed by atoms with Crippen LogP contribution >= 0.6 is 0 Å². The molecule has 90 valence electrons. The molecule has 0 radical (unpaired) electrons. The maximum absolute atomic E-state index is 12.7. The summed E-state index contributed by atoms with van der Waals surface area (Å²) in [5.41, 5.74) is 0. The summed E-state index contributed by atoms with van der Waals surface area (Å²) in [7, 11) is 1.22. The van der Waals surface area contributed by atoms with E-state index >= 15 is 0 Å². The average Bonchev–Trinajstić information content (AvgIpc) is 2.30. The van der Waals surface area contributed by atoms with E-state index in [4.69, 9.17) is 0 Å². The Hall–Kier alpha value is -0.870. The van der Waals surface area contributed by atoms with Crippen molar-refractivity contribution in [2.24, 2.45) is 4.36 Å². The van der Waals surface area contributed by atoms with E-state index in [-0.39, 0.29) is 0 Å². The van der Waals surface area contributed by atoms with Crippen LogP contribution in [0, 0.1) is 0 Å². The van der Waals surface area contributed by atoms with Crippen LogP contribution in [0.2, 0.25) is 0 Å². The van der Waals surface area contributed by atoms with Crippen LogP contribution in [0.5, 0.6) is 0 Å². The van der Waals surface area contributed by atoms with Crippen molar-refractivity contribution in [1.29, 1.82) is 0 Å². The number of nitrogens with zero attached hydrogens (tertiary/aromatic N) is 2. The molecule has 0 N–H and O–H groups in total. The Kier molecular flexibility index (Phi) is 4.96. The second-order valence-electron chi connectivity index (χ2n) is 3.83. The van der Waals surface area contributed by atoms with Crippen LogP contribution in [-0.2, 0) is 9.92 Å². The molecule has 0 saturated carbocycles. The summed E-state index contributed by atoms with van der Waals surface area (Å²) < 4.78 is 18.8. The van der Waals surface area contributed by atoms with Gasteiger partial charge in [-0.05, 0) is 18.6 Å². The fourth-order valence-electron chi connectivity index (χ4n) is 1.34. The molecule has 1 atom stereocenters. The van der Waals surface area contributed by atoms with Gasteiger partial charge in [-0.1, -0.05) is 31.5 Å². The van der Waals surface area contributed by atoms with Gasteiger partial charge in [-0.2, -0.15) is 0 Å². The van der Waals surface area contributed by atoms with Crippen molar-refractivity contribution < 1.29 is 4.21 Å². The summed E-state index contributed by atoms with van der Waals surface area (Å²) in [5.74, 6) is 0. The van der Waals surface area contributed by atoms with E-state index in [2.05, 4.69) is 11.3 Å². The molecule has 0 heterocycles. The summed E-state index contributed by atoms with van der Waals surface area (Å²) in [6.07, 6.45) is 2.05. The van der Waals surface area contributed by atoms with Gasteiger partial charge >= 0.3 is 0 Å². The van der Waals surface area contributed by atoms with Crippen molar-refractivity contribution in [1.82, 2.24) is 4.31 Å². The largest absolute Gasteiger partial charge is 0.228 e. The second-order valence-corrected chi connectivity index (χ2v) is 6.28. The molecule has 3 nitrogen and oxygen atoms in total. The molecule has 0 aliphatic carbocycles. The first-order valence-corrected chi connectivity index (χ1v) is 7.04. The highest BCUT2D eigenvalue weighted by Crippen LogP contribution is 2.15. The Morgan fingerprint density at radius 1 is 1.25 bits per heavy atom. The highest BCUT2D eigenvalue weighted by atomic mass is 32.2. The first-order chi connectivity index (χ1) is 7.61. The fraction of sp³-hybridized carbons (Fsp3) is 0.500. The lowest BCUT2D eigenvalue weighted by Gasteiger charge is -2.17. The summed E-state index contributed by atoms with van der Waals surface area (Å²) in [4.78, 5) is 0.788. The van der Waals surface area contributed by atoms with Gasteiger partial charge in [0.1, 0.15) is 9.92 Å². The van der Waals surface area contributed by atoms with Crippen LogP contribution < -0.4 is 0 Å². The van der Waals surface area contributed by atoms with Gasteiger partial charge in [-0.15, -0.1) is 0 Å². The summed E-state index contributed by atoms with van der Waals surface area (Å²) in [5, 5.41) is 0. The summed E-state index contributed by atoms with van der Waals surface area (Å²) in [6.45, 7) is 2.76. The molecule has 0 fully saturated rings. The molecule has 1 rings (SSSR count). The quantitative estimate of drug-likeness (QED) is 0.728. The molecular formula is C12H20N2OS. The van der Waals surface area contributed by atoms with Crippen LogP contribution in [0.15, 0.2) is 39.6 Å². The molecule has 0 bridgehead atoms. The van der Waals surface area contributed by atoms with Gasteiger partial charge in [0.25, 0.3) is 0 Å². The topological polar surface area (TPSA) is 32.7 Å². The minimum absolute atomic E-state index is 0.655. The number of hydrogen-bond donors (Lipinski definition) is 0. The normalized spacial score (nSPS) is 14.8. The zero-order valence-electron chi connectivity index (χ0n) is 10.2. The van der Waals surface area contributed by atoms with Crippen molar-refractivity contribution in [2.45, 2.75) is 24.7 Å². The van der Waals surface area contributed by atoms with Gasteiger partial charge < -0.3 is 0 Å². The van der Waals surface area contributed by atoms with Gasteiger partial charge in [-0.25, -0.2) is 12.9 Å².